The molecule has 7 heteroatoms. The number of thiazole rings is 1. The van der Waals surface area contributed by atoms with Crippen LogP contribution in [0, 0.1) is 0 Å². The van der Waals surface area contributed by atoms with Crippen molar-refractivity contribution in [2.45, 2.75) is 13.0 Å². The van der Waals surface area contributed by atoms with Gasteiger partial charge in [0.25, 0.3) is 5.91 Å². The molecule has 2 aromatic heterocycles. The maximum atomic E-state index is 12.5. The van der Waals surface area contributed by atoms with E-state index in [2.05, 4.69) is 33.9 Å². The highest BCUT2D eigenvalue weighted by Crippen LogP contribution is 2.29. The van der Waals surface area contributed by atoms with E-state index >= 15 is 0 Å². The number of hydrogen-bond donors (Lipinski definition) is 0. The maximum Gasteiger partial charge on any atom is 0.274 e. The highest BCUT2D eigenvalue weighted by molar-refractivity contribution is 7.18. The lowest BCUT2D eigenvalue weighted by molar-refractivity contribution is 0.0576. The molecule has 0 spiro atoms. The van der Waals surface area contributed by atoms with Crippen LogP contribution in [0.3, 0.4) is 0 Å². The Bertz CT molecular complexity index is 840. The molecule has 1 amide bonds. The number of fused-ring (bicyclic) bond motifs is 1. The fraction of sp³-hybridized carbons (Fsp3) is 0.333. The van der Waals surface area contributed by atoms with E-state index in [0.29, 0.717) is 18.8 Å². The highest BCUT2D eigenvalue weighted by Gasteiger charge is 2.27. The van der Waals surface area contributed by atoms with E-state index in [9.17, 15) is 4.79 Å². The molecule has 0 bridgehead atoms. The minimum Gasteiger partial charge on any atom is -0.335 e. The first kappa shape index (κ1) is 16.1. The molecule has 1 saturated heterocycles. The van der Waals surface area contributed by atoms with Crippen LogP contribution in [-0.2, 0) is 0 Å². The third kappa shape index (κ3) is 3.25. The lowest BCUT2D eigenvalue weighted by atomic mass is 10.2. The summed E-state index contributed by atoms with van der Waals surface area (Å²) in [6, 6.07) is 8.49. The van der Waals surface area contributed by atoms with Crippen LogP contribution in [0.2, 0.25) is 0 Å². The van der Waals surface area contributed by atoms with E-state index < -0.39 is 0 Å². The van der Waals surface area contributed by atoms with Gasteiger partial charge in [-0.1, -0.05) is 12.1 Å². The summed E-state index contributed by atoms with van der Waals surface area (Å²) < 4.78 is 1.22. The van der Waals surface area contributed by atoms with Crippen molar-refractivity contribution < 1.29 is 4.79 Å². The van der Waals surface area contributed by atoms with Crippen LogP contribution in [-0.4, -0.2) is 56.8 Å². The second-order valence-corrected chi connectivity index (χ2v) is 7.18. The van der Waals surface area contributed by atoms with Gasteiger partial charge in [0.05, 0.1) is 22.5 Å². The van der Waals surface area contributed by atoms with E-state index in [-0.39, 0.29) is 11.9 Å². The van der Waals surface area contributed by atoms with Crippen LogP contribution in [0.5, 0.6) is 0 Å². The molecule has 1 aliphatic heterocycles. The van der Waals surface area contributed by atoms with E-state index in [1.165, 1.54) is 10.9 Å². The molecular formula is C18H19N5OS. The molecule has 3 aromatic rings. The van der Waals surface area contributed by atoms with Gasteiger partial charge in [0, 0.05) is 38.6 Å². The molecule has 0 N–H and O–H groups in total. The number of rotatable bonds is 3. The average Bonchev–Trinajstić information content (AvgIpc) is 3.12. The van der Waals surface area contributed by atoms with E-state index in [4.69, 9.17) is 4.98 Å². The summed E-state index contributed by atoms with van der Waals surface area (Å²) >= 11 is 1.75. The number of aromatic nitrogens is 3. The van der Waals surface area contributed by atoms with Crippen molar-refractivity contribution >= 4 is 27.5 Å². The van der Waals surface area contributed by atoms with Gasteiger partial charge >= 0.3 is 0 Å². The summed E-state index contributed by atoms with van der Waals surface area (Å²) in [4.78, 5) is 29.5. The first-order chi connectivity index (χ1) is 12.2. The van der Waals surface area contributed by atoms with Gasteiger partial charge in [0.1, 0.15) is 10.7 Å². The molecular weight excluding hydrogens is 334 g/mol. The first-order valence-electron chi connectivity index (χ1n) is 8.37. The summed E-state index contributed by atoms with van der Waals surface area (Å²) in [6.07, 6.45) is 4.66. The van der Waals surface area contributed by atoms with Gasteiger partial charge in [0.15, 0.2) is 0 Å². The van der Waals surface area contributed by atoms with Crippen molar-refractivity contribution in [2.24, 2.45) is 0 Å². The topological polar surface area (TPSA) is 62.2 Å². The Labute approximate surface area is 150 Å². The number of carbonyl (C=O) groups is 1. The largest absolute Gasteiger partial charge is 0.335 e. The molecule has 0 radical (unpaired) electrons. The van der Waals surface area contributed by atoms with Crippen LogP contribution in [0.4, 0.5) is 0 Å². The number of hydrogen-bond acceptors (Lipinski definition) is 6. The van der Waals surface area contributed by atoms with Crippen LogP contribution in [0.1, 0.15) is 28.5 Å². The third-order valence-electron chi connectivity index (χ3n) is 4.60. The van der Waals surface area contributed by atoms with Crippen LogP contribution >= 0.6 is 11.3 Å². The van der Waals surface area contributed by atoms with Crippen LogP contribution in [0.25, 0.3) is 10.2 Å². The van der Waals surface area contributed by atoms with Crippen molar-refractivity contribution in [3.63, 3.8) is 0 Å². The van der Waals surface area contributed by atoms with Gasteiger partial charge in [-0.2, -0.15) is 0 Å². The van der Waals surface area contributed by atoms with Gasteiger partial charge in [-0.25, -0.2) is 9.97 Å². The number of piperazine rings is 1. The standard InChI is InChI=1S/C18H19N5OS/c1-13(17-21-14-4-2-3-5-16(14)25-17)22-8-10-23(11-9-22)18(24)15-12-19-6-7-20-15/h2-7,12-13H,8-11H2,1H3. The molecule has 1 aromatic carbocycles. The number of para-hydroxylation sites is 1. The highest BCUT2D eigenvalue weighted by atomic mass is 32.1. The molecule has 25 heavy (non-hydrogen) atoms. The molecule has 4 rings (SSSR count). The van der Waals surface area contributed by atoms with Gasteiger partial charge < -0.3 is 4.90 Å². The Balaban J connectivity index is 1.42. The van der Waals surface area contributed by atoms with Gasteiger partial charge in [-0.15, -0.1) is 11.3 Å². The quantitative estimate of drug-likeness (QED) is 0.724. The Kier molecular flexibility index (Phi) is 4.42. The summed E-state index contributed by atoms with van der Waals surface area (Å²) in [5.41, 5.74) is 1.47. The van der Waals surface area contributed by atoms with E-state index in [1.807, 2.05) is 17.0 Å². The summed E-state index contributed by atoms with van der Waals surface area (Å²) in [5, 5.41) is 1.13. The van der Waals surface area contributed by atoms with Gasteiger partial charge in [-0.05, 0) is 19.1 Å². The van der Waals surface area contributed by atoms with Crippen LogP contribution in [0.15, 0.2) is 42.9 Å². The van der Waals surface area contributed by atoms with Crippen molar-refractivity contribution in [1.82, 2.24) is 24.8 Å². The van der Waals surface area contributed by atoms with Crippen molar-refractivity contribution in [1.29, 1.82) is 0 Å². The molecule has 1 atom stereocenters. The van der Waals surface area contributed by atoms with Crippen molar-refractivity contribution in [2.75, 3.05) is 26.2 Å². The Morgan fingerprint density at radius 1 is 1.16 bits per heavy atom. The Morgan fingerprint density at radius 3 is 2.68 bits per heavy atom. The van der Waals surface area contributed by atoms with E-state index in [1.54, 1.807) is 23.7 Å². The lowest BCUT2D eigenvalue weighted by Crippen LogP contribution is -2.49. The van der Waals surface area contributed by atoms with Gasteiger partial charge in [0.2, 0.25) is 0 Å². The molecule has 3 heterocycles. The molecule has 1 aliphatic rings. The number of nitrogens with zero attached hydrogens (tertiary/aromatic N) is 5. The third-order valence-corrected chi connectivity index (χ3v) is 5.81. The smallest absolute Gasteiger partial charge is 0.274 e. The Morgan fingerprint density at radius 2 is 1.96 bits per heavy atom. The molecule has 6 nitrogen and oxygen atoms in total. The Hall–Kier alpha value is -2.38. The predicted octanol–water partition coefficient (Wildman–Crippen LogP) is 2.61. The zero-order valence-electron chi connectivity index (χ0n) is 14.0. The monoisotopic (exact) mass is 353 g/mol. The second-order valence-electron chi connectivity index (χ2n) is 6.11. The summed E-state index contributed by atoms with van der Waals surface area (Å²) in [7, 11) is 0. The fourth-order valence-corrected chi connectivity index (χ4v) is 4.16. The normalized spacial score (nSPS) is 16.9. The number of carbonyl (C=O) groups excluding carboxylic acids is 1. The SMILES string of the molecule is CC(c1nc2ccccc2s1)N1CCN(C(=O)c2cnccn2)CC1. The molecule has 1 fully saturated rings. The predicted molar refractivity (Wildman–Crippen MR) is 97.5 cm³/mol. The van der Waals surface area contributed by atoms with Crippen LogP contribution < -0.4 is 0 Å². The van der Waals surface area contributed by atoms with Gasteiger partial charge in [-0.3, -0.25) is 14.7 Å². The summed E-state index contributed by atoms with van der Waals surface area (Å²) in [6.45, 7) is 5.26. The molecule has 128 valence electrons. The summed E-state index contributed by atoms with van der Waals surface area (Å²) in [5.74, 6) is -0.0413. The molecule has 1 unspecified atom stereocenters. The lowest BCUT2D eigenvalue weighted by Gasteiger charge is -2.37. The zero-order valence-corrected chi connectivity index (χ0v) is 14.8. The maximum absolute atomic E-state index is 12.5. The van der Waals surface area contributed by atoms with E-state index in [0.717, 1.165) is 23.6 Å². The minimum absolute atomic E-state index is 0.0413. The number of amides is 1. The average molecular weight is 353 g/mol. The van der Waals surface area contributed by atoms with Crippen molar-refractivity contribution in [3.8, 4) is 0 Å². The zero-order chi connectivity index (χ0) is 17.2. The molecule has 0 saturated carbocycles. The first-order valence-corrected chi connectivity index (χ1v) is 9.19. The minimum atomic E-state index is -0.0413. The van der Waals surface area contributed by atoms with Crippen molar-refractivity contribution in [3.05, 3.63) is 53.6 Å². The second kappa shape index (κ2) is 6.85. The number of benzene rings is 1. The fourth-order valence-electron chi connectivity index (χ4n) is 3.11. The molecule has 0 aliphatic carbocycles.